The van der Waals surface area contributed by atoms with Gasteiger partial charge in [-0.25, -0.2) is 0 Å². The van der Waals surface area contributed by atoms with Crippen molar-refractivity contribution in [2.45, 2.75) is 18.9 Å². The predicted octanol–water partition coefficient (Wildman–Crippen LogP) is 4.74. The van der Waals surface area contributed by atoms with Gasteiger partial charge in [0.15, 0.2) is 0 Å². The third-order valence-electron chi connectivity index (χ3n) is 2.95. The zero-order chi connectivity index (χ0) is 13.0. The maximum atomic E-state index is 6.22. The first kappa shape index (κ1) is 13.6. The second-order valence-corrected chi connectivity index (χ2v) is 5.59. The Bertz CT molecular complexity index is 513. The van der Waals surface area contributed by atoms with E-state index in [1.165, 1.54) is 5.56 Å². The topological polar surface area (TPSA) is 26.0 Å². The Labute approximate surface area is 121 Å². The Hall–Kier alpha value is -0.830. The number of aryl methyl sites for hydroxylation is 1. The van der Waals surface area contributed by atoms with Gasteiger partial charge >= 0.3 is 0 Å². The van der Waals surface area contributed by atoms with Gasteiger partial charge in [-0.15, -0.1) is 0 Å². The molecular weight excluding hydrogens is 310 g/mol. The summed E-state index contributed by atoms with van der Waals surface area (Å²) in [6, 6.07) is 16.2. The van der Waals surface area contributed by atoms with Crippen LogP contribution in [0, 0.1) is 0 Å². The van der Waals surface area contributed by atoms with Crippen LogP contribution in [0.4, 0.5) is 0 Å². The smallest absolute Gasteiger partial charge is 0.0417 e. The molecule has 0 amide bonds. The van der Waals surface area contributed by atoms with E-state index in [0.29, 0.717) is 0 Å². The minimum atomic E-state index is 0.0249. The van der Waals surface area contributed by atoms with Crippen LogP contribution in [0.3, 0.4) is 0 Å². The number of rotatable bonds is 4. The summed E-state index contributed by atoms with van der Waals surface area (Å²) < 4.78 is 0.982. The Balaban J connectivity index is 2.01. The van der Waals surface area contributed by atoms with Gasteiger partial charge < -0.3 is 5.73 Å². The molecule has 0 radical (unpaired) electrons. The van der Waals surface area contributed by atoms with E-state index in [2.05, 4.69) is 40.2 Å². The van der Waals surface area contributed by atoms with Gasteiger partial charge in [-0.1, -0.05) is 63.9 Å². The molecule has 0 aliphatic carbocycles. The fraction of sp³-hybridized carbons (Fsp3) is 0.200. The number of halogens is 2. The van der Waals surface area contributed by atoms with Gasteiger partial charge in [0.2, 0.25) is 0 Å². The van der Waals surface area contributed by atoms with Crippen molar-refractivity contribution >= 4 is 27.5 Å². The van der Waals surface area contributed by atoms with Crippen LogP contribution < -0.4 is 5.73 Å². The van der Waals surface area contributed by atoms with Crippen molar-refractivity contribution in [2.75, 3.05) is 0 Å². The summed E-state index contributed by atoms with van der Waals surface area (Å²) in [6.07, 6.45) is 1.90. The quantitative estimate of drug-likeness (QED) is 0.864. The van der Waals surface area contributed by atoms with Crippen molar-refractivity contribution in [3.05, 3.63) is 69.2 Å². The molecule has 0 aromatic heterocycles. The maximum absolute atomic E-state index is 6.22. The van der Waals surface area contributed by atoms with E-state index in [1.54, 1.807) is 0 Å². The Morgan fingerprint density at radius 3 is 2.50 bits per heavy atom. The maximum Gasteiger partial charge on any atom is 0.0417 e. The van der Waals surface area contributed by atoms with Crippen LogP contribution in [-0.2, 0) is 6.42 Å². The molecule has 2 aromatic carbocycles. The van der Waals surface area contributed by atoms with E-state index >= 15 is 0 Å². The lowest BCUT2D eigenvalue weighted by Crippen LogP contribution is -2.12. The van der Waals surface area contributed by atoms with Gasteiger partial charge in [0, 0.05) is 15.5 Å². The van der Waals surface area contributed by atoms with Gasteiger partial charge in [0.25, 0.3) is 0 Å². The van der Waals surface area contributed by atoms with Crippen molar-refractivity contribution in [3.8, 4) is 0 Å². The van der Waals surface area contributed by atoms with Gasteiger partial charge in [-0.05, 0) is 36.1 Å². The molecule has 3 heteroatoms. The molecule has 1 atom stereocenters. The third-order valence-corrected chi connectivity index (χ3v) is 3.87. The molecule has 1 nitrogen and oxygen atoms in total. The summed E-state index contributed by atoms with van der Waals surface area (Å²) in [6.45, 7) is 0. The van der Waals surface area contributed by atoms with E-state index in [-0.39, 0.29) is 6.04 Å². The van der Waals surface area contributed by atoms with Crippen LogP contribution in [0.15, 0.2) is 53.0 Å². The summed E-state index contributed by atoms with van der Waals surface area (Å²) in [5, 5.41) is 0.723. The molecule has 0 saturated heterocycles. The molecule has 0 aliphatic rings. The van der Waals surface area contributed by atoms with Gasteiger partial charge in [0.1, 0.15) is 0 Å². The lowest BCUT2D eigenvalue weighted by molar-refractivity contribution is 0.649. The van der Waals surface area contributed by atoms with Crippen molar-refractivity contribution in [1.82, 2.24) is 0 Å². The third kappa shape index (κ3) is 3.58. The van der Waals surface area contributed by atoms with Crippen LogP contribution in [0.2, 0.25) is 5.02 Å². The molecule has 18 heavy (non-hydrogen) atoms. The average Bonchev–Trinajstić information content (AvgIpc) is 2.37. The summed E-state index contributed by atoms with van der Waals surface area (Å²) in [4.78, 5) is 0. The Morgan fingerprint density at radius 2 is 1.83 bits per heavy atom. The summed E-state index contributed by atoms with van der Waals surface area (Å²) in [7, 11) is 0. The van der Waals surface area contributed by atoms with Crippen molar-refractivity contribution in [3.63, 3.8) is 0 Å². The largest absolute Gasteiger partial charge is 0.324 e. The van der Waals surface area contributed by atoms with E-state index < -0.39 is 0 Å². The van der Waals surface area contributed by atoms with E-state index in [9.17, 15) is 0 Å². The van der Waals surface area contributed by atoms with Crippen molar-refractivity contribution in [1.29, 1.82) is 0 Å². The molecule has 0 spiro atoms. The highest BCUT2D eigenvalue weighted by Gasteiger charge is 2.10. The molecule has 0 fully saturated rings. The van der Waals surface area contributed by atoms with Crippen LogP contribution in [0.25, 0.3) is 0 Å². The van der Waals surface area contributed by atoms with E-state index in [0.717, 1.165) is 27.9 Å². The zero-order valence-electron chi connectivity index (χ0n) is 9.94. The molecule has 0 heterocycles. The molecule has 2 rings (SSSR count). The minimum Gasteiger partial charge on any atom is -0.324 e. The number of hydrogen-bond acceptors (Lipinski definition) is 1. The Kier molecular flexibility index (Phi) is 4.81. The highest BCUT2D eigenvalue weighted by atomic mass is 79.9. The van der Waals surface area contributed by atoms with Crippen LogP contribution in [-0.4, -0.2) is 0 Å². The molecule has 1 unspecified atom stereocenters. The summed E-state index contributed by atoms with van der Waals surface area (Å²) in [5.41, 5.74) is 8.65. The Morgan fingerprint density at radius 1 is 1.11 bits per heavy atom. The van der Waals surface area contributed by atoms with Crippen LogP contribution in [0.1, 0.15) is 23.6 Å². The standard InChI is InChI=1S/C15H15BrClN/c16-14-10-12(17)7-8-13(14)15(18)9-6-11-4-2-1-3-5-11/h1-5,7-8,10,15H,6,9,18H2. The fourth-order valence-corrected chi connectivity index (χ4v) is 2.90. The molecule has 94 valence electrons. The highest BCUT2D eigenvalue weighted by Crippen LogP contribution is 2.27. The highest BCUT2D eigenvalue weighted by molar-refractivity contribution is 9.10. The lowest BCUT2D eigenvalue weighted by Gasteiger charge is -2.14. The van der Waals surface area contributed by atoms with Crippen molar-refractivity contribution in [2.24, 2.45) is 5.73 Å². The van der Waals surface area contributed by atoms with Crippen LogP contribution >= 0.6 is 27.5 Å². The molecule has 2 N–H and O–H groups in total. The van der Waals surface area contributed by atoms with E-state index in [4.69, 9.17) is 17.3 Å². The van der Waals surface area contributed by atoms with Gasteiger partial charge in [-0.2, -0.15) is 0 Å². The monoisotopic (exact) mass is 323 g/mol. The second kappa shape index (κ2) is 6.37. The summed E-state index contributed by atoms with van der Waals surface area (Å²) in [5.74, 6) is 0. The van der Waals surface area contributed by atoms with E-state index in [1.807, 2.05) is 24.3 Å². The molecule has 0 aliphatic heterocycles. The molecular formula is C15H15BrClN. The van der Waals surface area contributed by atoms with Crippen LogP contribution in [0.5, 0.6) is 0 Å². The van der Waals surface area contributed by atoms with Gasteiger partial charge in [0.05, 0.1) is 0 Å². The predicted molar refractivity (Wildman–Crippen MR) is 80.8 cm³/mol. The summed E-state index contributed by atoms with van der Waals surface area (Å²) >= 11 is 9.43. The normalized spacial score (nSPS) is 12.4. The number of hydrogen-bond donors (Lipinski definition) is 1. The first-order valence-corrected chi connectivity index (χ1v) is 7.08. The minimum absolute atomic E-state index is 0.0249. The molecule has 0 bridgehead atoms. The first-order valence-electron chi connectivity index (χ1n) is 5.91. The molecule has 0 saturated carbocycles. The average molecular weight is 325 g/mol. The number of benzene rings is 2. The zero-order valence-corrected chi connectivity index (χ0v) is 12.3. The lowest BCUT2D eigenvalue weighted by atomic mass is 10.00. The first-order chi connectivity index (χ1) is 8.66. The fourth-order valence-electron chi connectivity index (χ4n) is 1.92. The van der Waals surface area contributed by atoms with Gasteiger partial charge in [-0.3, -0.25) is 0 Å². The molecule has 2 aromatic rings. The SMILES string of the molecule is NC(CCc1ccccc1)c1ccc(Cl)cc1Br. The second-order valence-electron chi connectivity index (χ2n) is 4.30. The van der Waals surface area contributed by atoms with Crippen molar-refractivity contribution < 1.29 is 0 Å². The number of nitrogens with two attached hydrogens (primary N) is 1.